The van der Waals surface area contributed by atoms with Crippen molar-refractivity contribution in [2.45, 2.75) is 19.4 Å². The van der Waals surface area contributed by atoms with E-state index < -0.39 is 0 Å². The fourth-order valence-corrected chi connectivity index (χ4v) is 3.34. The number of aromatic amines is 2. The highest BCUT2D eigenvalue weighted by atomic mass is 35.5. The number of rotatable bonds is 5. The van der Waals surface area contributed by atoms with Crippen molar-refractivity contribution >= 4 is 28.5 Å². The molecule has 1 aromatic carbocycles. The van der Waals surface area contributed by atoms with E-state index >= 15 is 0 Å². The Morgan fingerprint density at radius 3 is 2.93 bits per heavy atom. The first-order valence-electron chi connectivity index (χ1n) is 8.69. The first-order chi connectivity index (χ1) is 13.2. The molecule has 3 heterocycles. The summed E-state index contributed by atoms with van der Waals surface area (Å²) in [5.41, 5.74) is 3.84. The van der Waals surface area contributed by atoms with Gasteiger partial charge in [0, 0.05) is 28.4 Å². The number of carbonyl (C=O) groups is 1. The van der Waals surface area contributed by atoms with E-state index in [4.69, 9.17) is 11.6 Å². The molecule has 0 aliphatic carbocycles. The van der Waals surface area contributed by atoms with Crippen molar-refractivity contribution in [3.8, 4) is 11.3 Å². The lowest BCUT2D eigenvalue weighted by Crippen LogP contribution is -2.28. The van der Waals surface area contributed by atoms with Gasteiger partial charge in [0.25, 0.3) is 5.91 Å². The molecule has 7 heteroatoms. The molecule has 4 aromatic rings. The lowest BCUT2D eigenvalue weighted by molar-refractivity contribution is 0.0931. The van der Waals surface area contributed by atoms with Gasteiger partial charge in [-0.15, -0.1) is 0 Å². The summed E-state index contributed by atoms with van der Waals surface area (Å²) < 4.78 is 0. The highest BCUT2D eigenvalue weighted by Gasteiger charge is 2.17. The van der Waals surface area contributed by atoms with Crippen LogP contribution < -0.4 is 5.32 Å². The van der Waals surface area contributed by atoms with Gasteiger partial charge in [-0.1, -0.05) is 30.7 Å². The molecule has 27 heavy (non-hydrogen) atoms. The number of benzene rings is 1. The van der Waals surface area contributed by atoms with Crippen molar-refractivity contribution in [1.29, 1.82) is 0 Å². The summed E-state index contributed by atoms with van der Waals surface area (Å²) in [6.45, 7) is 2.02. The van der Waals surface area contributed by atoms with Crippen molar-refractivity contribution in [3.63, 3.8) is 0 Å². The lowest BCUT2D eigenvalue weighted by Gasteiger charge is -2.17. The van der Waals surface area contributed by atoms with E-state index in [0.29, 0.717) is 10.7 Å². The minimum Gasteiger partial charge on any atom is -0.357 e. The van der Waals surface area contributed by atoms with Crippen LogP contribution in [0.4, 0.5) is 0 Å². The van der Waals surface area contributed by atoms with Crippen LogP contribution in [0.15, 0.2) is 55.1 Å². The van der Waals surface area contributed by atoms with Crippen LogP contribution in [-0.2, 0) is 0 Å². The Balaban J connectivity index is 1.57. The molecule has 0 spiro atoms. The molecule has 3 aromatic heterocycles. The predicted molar refractivity (Wildman–Crippen MR) is 106 cm³/mol. The maximum Gasteiger partial charge on any atom is 0.268 e. The van der Waals surface area contributed by atoms with Crippen LogP contribution in [0.3, 0.4) is 0 Å². The molecule has 0 saturated carbocycles. The molecule has 3 N–H and O–H groups in total. The van der Waals surface area contributed by atoms with E-state index in [9.17, 15) is 4.79 Å². The van der Waals surface area contributed by atoms with Gasteiger partial charge in [-0.25, -0.2) is 9.97 Å². The molecule has 0 fully saturated rings. The predicted octanol–water partition coefficient (Wildman–Crippen LogP) is 4.49. The van der Waals surface area contributed by atoms with Crippen LogP contribution in [0.2, 0.25) is 5.02 Å². The Labute approximate surface area is 161 Å². The van der Waals surface area contributed by atoms with Gasteiger partial charge in [-0.3, -0.25) is 4.79 Å². The number of carbonyl (C=O) groups excluding carboxylic acids is 1. The normalized spacial score (nSPS) is 12.2. The second kappa shape index (κ2) is 7.25. The molecule has 0 bridgehead atoms. The van der Waals surface area contributed by atoms with E-state index in [1.165, 1.54) is 6.33 Å². The van der Waals surface area contributed by atoms with Gasteiger partial charge in [0.15, 0.2) is 0 Å². The third-order valence-electron chi connectivity index (χ3n) is 4.52. The Kier molecular flexibility index (Phi) is 4.64. The summed E-state index contributed by atoms with van der Waals surface area (Å²) in [6.07, 6.45) is 5.87. The summed E-state index contributed by atoms with van der Waals surface area (Å²) >= 11 is 6.08. The summed E-state index contributed by atoms with van der Waals surface area (Å²) in [6, 6.07) is 11.2. The highest BCUT2D eigenvalue weighted by molar-refractivity contribution is 6.30. The monoisotopic (exact) mass is 379 g/mol. The standard InChI is InChI=1S/C20H18ClN5O/c1-2-16(12-4-3-5-14(21)8-12)26-20(27)17-9-13(10-23-17)18-15-6-7-22-19(15)25-11-24-18/h3-11,16,23H,2H2,1H3,(H,26,27)(H,22,24,25). The number of amides is 1. The van der Waals surface area contributed by atoms with Crippen LogP contribution in [0.25, 0.3) is 22.3 Å². The van der Waals surface area contributed by atoms with Gasteiger partial charge < -0.3 is 15.3 Å². The van der Waals surface area contributed by atoms with E-state index in [1.807, 2.05) is 43.5 Å². The first-order valence-corrected chi connectivity index (χ1v) is 9.06. The van der Waals surface area contributed by atoms with Crippen LogP contribution in [-0.4, -0.2) is 25.8 Å². The van der Waals surface area contributed by atoms with Gasteiger partial charge in [0.05, 0.1) is 11.7 Å². The smallest absolute Gasteiger partial charge is 0.268 e. The molecular weight excluding hydrogens is 362 g/mol. The largest absolute Gasteiger partial charge is 0.357 e. The minimum absolute atomic E-state index is 0.113. The van der Waals surface area contributed by atoms with Crippen LogP contribution in [0.5, 0.6) is 0 Å². The number of H-pyrrole nitrogens is 2. The quantitative estimate of drug-likeness (QED) is 0.477. The lowest BCUT2D eigenvalue weighted by atomic mass is 10.0. The zero-order valence-corrected chi connectivity index (χ0v) is 15.4. The Hall–Kier alpha value is -3.12. The molecule has 0 aliphatic heterocycles. The average molecular weight is 380 g/mol. The molecule has 1 amide bonds. The third-order valence-corrected chi connectivity index (χ3v) is 4.75. The maximum absolute atomic E-state index is 12.7. The van der Waals surface area contributed by atoms with Gasteiger partial charge in [0.1, 0.15) is 17.7 Å². The van der Waals surface area contributed by atoms with Gasteiger partial charge in [0.2, 0.25) is 0 Å². The average Bonchev–Trinajstić information content (AvgIpc) is 3.35. The number of aromatic nitrogens is 4. The van der Waals surface area contributed by atoms with E-state index in [0.717, 1.165) is 34.3 Å². The fraction of sp³-hybridized carbons (Fsp3) is 0.150. The van der Waals surface area contributed by atoms with Crippen molar-refractivity contribution in [2.24, 2.45) is 0 Å². The topological polar surface area (TPSA) is 86.5 Å². The second-order valence-corrected chi connectivity index (χ2v) is 6.69. The van der Waals surface area contributed by atoms with Crippen molar-refractivity contribution < 1.29 is 4.79 Å². The van der Waals surface area contributed by atoms with Crippen molar-refractivity contribution in [3.05, 3.63) is 71.4 Å². The molecular formula is C20H18ClN5O. The number of fused-ring (bicyclic) bond motifs is 1. The molecule has 136 valence electrons. The highest BCUT2D eigenvalue weighted by Crippen LogP contribution is 2.26. The summed E-state index contributed by atoms with van der Waals surface area (Å²) in [5.74, 6) is -0.174. The third kappa shape index (κ3) is 3.44. The Bertz CT molecular complexity index is 1100. The zero-order chi connectivity index (χ0) is 18.8. The fourth-order valence-electron chi connectivity index (χ4n) is 3.15. The van der Waals surface area contributed by atoms with E-state index in [-0.39, 0.29) is 11.9 Å². The Morgan fingerprint density at radius 2 is 2.11 bits per heavy atom. The SMILES string of the molecule is CCC(NC(=O)c1cc(-c2ncnc3[nH]ccc23)c[nH]1)c1cccc(Cl)c1. The Morgan fingerprint density at radius 1 is 1.22 bits per heavy atom. The molecule has 0 radical (unpaired) electrons. The van der Waals surface area contributed by atoms with Crippen LogP contribution in [0, 0.1) is 0 Å². The zero-order valence-electron chi connectivity index (χ0n) is 14.7. The summed E-state index contributed by atoms with van der Waals surface area (Å²) in [7, 11) is 0. The van der Waals surface area contributed by atoms with Crippen LogP contribution >= 0.6 is 11.6 Å². The molecule has 4 rings (SSSR count). The maximum atomic E-state index is 12.7. The van der Waals surface area contributed by atoms with Crippen molar-refractivity contribution in [1.82, 2.24) is 25.3 Å². The molecule has 1 unspecified atom stereocenters. The molecule has 6 nitrogen and oxygen atoms in total. The van der Waals surface area contributed by atoms with Gasteiger partial charge in [-0.05, 0) is 36.2 Å². The summed E-state index contributed by atoms with van der Waals surface area (Å²) in [5, 5.41) is 4.62. The first kappa shape index (κ1) is 17.3. The van der Waals surface area contributed by atoms with E-state index in [1.54, 1.807) is 12.3 Å². The summed E-state index contributed by atoms with van der Waals surface area (Å²) in [4.78, 5) is 27.4. The van der Waals surface area contributed by atoms with Gasteiger partial charge >= 0.3 is 0 Å². The molecule has 1 atom stereocenters. The van der Waals surface area contributed by atoms with Gasteiger partial charge in [-0.2, -0.15) is 0 Å². The number of hydrogen-bond donors (Lipinski definition) is 3. The number of halogens is 1. The van der Waals surface area contributed by atoms with Crippen molar-refractivity contribution in [2.75, 3.05) is 0 Å². The van der Waals surface area contributed by atoms with Crippen LogP contribution in [0.1, 0.15) is 35.4 Å². The molecule has 0 saturated heterocycles. The number of nitrogens with zero attached hydrogens (tertiary/aromatic N) is 2. The second-order valence-electron chi connectivity index (χ2n) is 6.25. The number of hydrogen-bond acceptors (Lipinski definition) is 3. The molecule has 0 aliphatic rings. The minimum atomic E-state index is -0.174. The van der Waals surface area contributed by atoms with E-state index in [2.05, 4.69) is 25.3 Å². The number of nitrogens with one attached hydrogen (secondary N) is 3.